The van der Waals surface area contributed by atoms with E-state index in [0.717, 1.165) is 11.7 Å². The minimum Gasteiger partial charge on any atom is -0.319 e. The molecule has 0 spiro atoms. The molecule has 0 fully saturated rings. The average Bonchev–Trinajstić information content (AvgIpc) is 3.12. The average molecular weight is 633 g/mol. The third kappa shape index (κ3) is 4.14. The van der Waals surface area contributed by atoms with Crippen LogP contribution in [-0.4, -0.2) is 13.3 Å². The SMILES string of the molecule is CP(C)(=O)c1ccc(C2=CC(c3ccc4ccc5cccc6ccc3c4c56)=CC(c3ccc4ccc5cccc6ccc3c4c56)C2)cc1. The summed E-state index contributed by atoms with van der Waals surface area (Å²) in [6.45, 7) is 3.70. The molecule has 1 aliphatic rings. The molecule has 0 radical (unpaired) electrons. The lowest BCUT2D eigenvalue weighted by Gasteiger charge is -2.26. The molecule has 0 amide bonds. The van der Waals surface area contributed by atoms with Crippen LogP contribution in [0.25, 0.3) is 75.8 Å². The maximum absolute atomic E-state index is 12.9. The first kappa shape index (κ1) is 27.8. The van der Waals surface area contributed by atoms with Gasteiger partial charge in [0.15, 0.2) is 0 Å². The van der Waals surface area contributed by atoms with Crippen LogP contribution < -0.4 is 5.30 Å². The fourth-order valence-corrected chi connectivity index (χ4v) is 9.35. The molecular formula is C46H33OP. The van der Waals surface area contributed by atoms with Gasteiger partial charge >= 0.3 is 0 Å². The predicted molar refractivity (Wildman–Crippen MR) is 209 cm³/mol. The zero-order chi connectivity index (χ0) is 32.1. The second kappa shape index (κ2) is 10.1. The number of benzene rings is 9. The molecule has 1 atom stereocenters. The molecule has 0 saturated heterocycles. The van der Waals surface area contributed by atoms with Crippen LogP contribution in [0.2, 0.25) is 0 Å². The summed E-state index contributed by atoms with van der Waals surface area (Å²) in [4.78, 5) is 0. The van der Waals surface area contributed by atoms with E-state index in [4.69, 9.17) is 0 Å². The highest BCUT2D eigenvalue weighted by Crippen LogP contribution is 2.46. The molecule has 2 heteroatoms. The predicted octanol–water partition coefficient (Wildman–Crippen LogP) is 12.4. The molecule has 228 valence electrons. The molecule has 9 aromatic carbocycles. The van der Waals surface area contributed by atoms with Gasteiger partial charge in [0.05, 0.1) is 0 Å². The van der Waals surface area contributed by atoms with Crippen molar-refractivity contribution in [1.82, 2.24) is 0 Å². The van der Waals surface area contributed by atoms with E-state index in [9.17, 15) is 4.57 Å². The van der Waals surface area contributed by atoms with E-state index in [1.54, 1.807) is 0 Å². The Bertz CT molecular complexity index is 2820. The Kier molecular flexibility index (Phi) is 5.88. The third-order valence-corrected chi connectivity index (χ3v) is 12.4. The van der Waals surface area contributed by atoms with Gasteiger partial charge in [-0.25, -0.2) is 0 Å². The van der Waals surface area contributed by atoms with Crippen LogP contribution >= 0.6 is 7.14 Å². The largest absolute Gasteiger partial charge is 0.319 e. The van der Waals surface area contributed by atoms with Gasteiger partial charge in [-0.3, -0.25) is 0 Å². The summed E-state index contributed by atoms with van der Waals surface area (Å²) in [6.07, 6.45) is 5.82. The second-order valence-corrected chi connectivity index (χ2v) is 17.2. The number of allylic oxidation sites excluding steroid dienone is 4. The van der Waals surface area contributed by atoms with Gasteiger partial charge < -0.3 is 4.57 Å². The van der Waals surface area contributed by atoms with Gasteiger partial charge in [-0.05, 0) is 112 Å². The lowest BCUT2D eigenvalue weighted by Crippen LogP contribution is -2.07. The van der Waals surface area contributed by atoms with Crippen molar-refractivity contribution < 1.29 is 4.57 Å². The van der Waals surface area contributed by atoms with Crippen LogP contribution in [0.5, 0.6) is 0 Å². The number of hydrogen-bond acceptors (Lipinski definition) is 1. The molecule has 1 nitrogen and oxygen atoms in total. The van der Waals surface area contributed by atoms with E-state index in [-0.39, 0.29) is 5.92 Å². The maximum atomic E-state index is 12.9. The van der Waals surface area contributed by atoms with Crippen molar-refractivity contribution in [3.63, 3.8) is 0 Å². The Balaban J connectivity index is 1.21. The standard InChI is InChI=1S/C46H33OP/c1-48(2,47)38-19-13-28(14-20-38)35-25-36(39-21-15-33-11-9-29-5-3-7-31-17-23-41(39)45(33)43(29)31)27-37(26-35)40-22-16-34-12-10-30-6-4-8-32-18-24-42(40)46(34)44(30)32/h3-25,27,37H,26H2,1-2H3. The summed E-state index contributed by atoms with van der Waals surface area (Å²) < 4.78 is 12.9. The summed E-state index contributed by atoms with van der Waals surface area (Å²) in [6, 6.07) is 49.3. The van der Waals surface area contributed by atoms with Crippen LogP contribution in [-0.2, 0) is 4.57 Å². The maximum Gasteiger partial charge on any atom is 0.109 e. The molecule has 0 aliphatic heterocycles. The Morgan fingerprint density at radius 1 is 0.521 bits per heavy atom. The van der Waals surface area contributed by atoms with Gasteiger partial charge in [0, 0.05) is 11.2 Å². The molecule has 10 rings (SSSR count). The van der Waals surface area contributed by atoms with Crippen molar-refractivity contribution in [1.29, 1.82) is 0 Å². The molecule has 0 aromatic heterocycles. The molecule has 0 N–H and O–H groups in total. The summed E-state index contributed by atoms with van der Waals surface area (Å²) in [5, 5.41) is 16.7. The van der Waals surface area contributed by atoms with Gasteiger partial charge in [-0.15, -0.1) is 0 Å². The normalized spacial score (nSPS) is 15.8. The van der Waals surface area contributed by atoms with E-state index in [0.29, 0.717) is 0 Å². The van der Waals surface area contributed by atoms with Crippen LogP contribution in [0, 0.1) is 0 Å². The van der Waals surface area contributed by atoms with Crippen LogP contribution in [0.4, 0.5) is 0 Å². The van der Waals surface area contributed by atoms with E-state index < -0.39 is 7.14 Å². The highest BCUT2D eigenvalue weighted by atomic mass is 31.2. The lowest BCUT2D eigenvalue weighted by atomic mass is 9.78. The minimum absolute atomic E-state index is 0.186. The van der Waals surface area contributed by atoms with E-state index >= 15 is 0 Å². The first-order valence-corrected chi connectivity index (χ1v) is 19.4. The fraction of sp³-hybridized carbons (Fsp3) is 0.0870. The summed E-state index contributed by atoms with van der Waals surface area (Å²) in [5.41, 5.74) is 6.39. The smallest absolute Gasteiger partial charge is 0.109 e. The van der Waals surface area contributed by atoms with Gasteiger partial charge in [-0.2, -0.15) is 0 Å². The van der Waals surface area contributed by atoms with Crippen LogP contribution in [0.15, 0.2) is 146 Å². The van der Waals surface area contributed by atoms with Crippen LogP contribution in [0.3, 0.4) is 0 Å². The van der Waals surface area contributed by atoms with Gasteiger partial charge in [-0.1, -0.05) is 146 Å². The van der Waals surface area contributed by atoms with Crippen molar-refractivity contribution in [2.75, 3.05) is 13.3 Å². The number of rotatable bonds is 4. The van der Waals surface area contributed by atoms with E-state index in [1.165, 1.54) is 92.5 Å². The quantitative estimate of drug-likeness (QED) is 0.139. The van der Waals surface area contributed by atoms with E-state index in [1.807, 2.05) is 13.3 Å². The number of hydrogen-bond donors (Lipinski definition) is 0. The molecular weight excluding hydrogens is 599 g/mol. The summed E-state index contributed by atoms with van der Waals surface area (Å²) in [5.74, 6) is 0.186. The second-order valence-electron chi connectivity index (χ2n) is 14.0. The molecule has 1 unspecified atom stereocenters. The topological polar surface area (TPSA) is 17.1 Å². The Hall–Kier alpha value is -5.23. The van der Waals surface area contributed by atoms with Crippen molar-refractivity contribution in [2.45, 2.75) is 12.3 Å². The molecule has 0 heterocycles. The van der Waals surface area contributed by atoms with Crippen LogP contribution in [0.1, 0.15) is 29.0 Å². The Morgan fingerprint density at radius 2 is 1.02 bits per heavy atom. The molecule has 0 saturated carbocycles. The fourth-order valence-electron chi connectivity index (χ4n) is 8.48. The first-order chi connectivity index (χ1) is 23.4. The third-order valence-electron chi connectivity index (χ3n) is 10.8. The Labute approximate surface area is 279 Å². The van der Waals surface area contributed by atoms with Gasteiger partial charge in [0.2, 0.25) is 0 Å². The zero-order valence-electron chi connectivity index (χ0n) is 27.0. The van der Waals surface area contributed by atoms with Gasteiger partial charge in [0.1, 0.15) is 7.14 Å². The van der Waals surface area contributed by atoms with Crippen molar-refractivity contribution in [3.8, 4) is 0 Å². The molecule has 9 aromatic rings. The molecule has 1 aliphatic carbocycles. The highest BCUT2D eigenvalue weighted by molar-refractivity contribution is 7.70. The zero-order valence-corrected chi connectivity index (χ0v) is 27.9. The summed E-state index contributed by atoms with van der Waals surface area (Å²) >= 11 is 0. The Morgan fingerprint density at radius 3 is 1.62 bits per heavy atom. The van der Waals surface area contributed by atoms with Crippen molar-refractivity contribution in [2.24, 2.45) is 0 Å². The first-order valence-electron chi connectivity index (χ1n) is 16.8. The lowest BCUT2D eigenvalue weighted by molar-refractivity contribution is 0.588. The molecule has 0 bridgehead atoms. The minimum atomic E-state index is -2.34. The summed E-state index contributed by atoms with van der Waals surface area (Å²) in [7, 11) is -2.34. The van der Waals surface area contributed by atoms with Gasteiger partial charge in [0.25, 0.3) is 0 Å². The van der Waals surface area contributed by atoms with Crippen molar-refractivity contribution >= 4 is 88.2 Å². The van der Waals surface area contributed by atoms with E-state index in [2.05, 4.69) is 146 Å². The van der Waals surface area contributed by atoms with Crippen molar-refractivity contribution in [3.05, 3.63) is 162 Å². The highest BCUT2D eigenvalue weighted by Gasteiger charge is 2.24. The molecule has 48 heavy (non-hydrogen) atoms. The monoisotopic (exact) mass is 632 g/mol.